The van der Waals surface area contributed by atoms with Crippen LogP contribution in [0.2, 0.25) is 0 Å². The standard InChI is InChI=1S/C10H6F5NO4/c1-8(10(13,14)15)19-7-3-2-5(16(17)18)4-6(7)9(11,12)20-8/h2-4H,1H3. The zero-order valence-electron chi connectivity index (χ0n) is 9.70. The van der Waals surface area contributed by atoms with Gasteiger partial charge in [-0.2, -0.15) is 22.0 Å². The second-order valence-electron chi connectivity index (χ2n) is 4.10. The second kappa shape index (κ2) is 4.01. The maximum atomic E-state index is 13.6. The van der Waals surface area contributed by atoms with E-state index in [9.17, 15) is 32.1 Å². The van der Waals surface area contributed by atoms with Gasteiger partial charge in [-0.25, -0.2) is 0 Å². The van der Waals surface area contributed by atoms with Gasteiger partial charge in [0.05, 0.1) is 10.5 Å². The Kier molecular flexibility index (Phi) is 2.90. The molecule has 1 heterocycles. The summed E-state index contributed by atoms with van der Waals surface area (Å²) in [6.45, 7) is 0.297. The smallest absolute Gasteiger partial charge is 0.453 e. The van der Waals surface area contributed by atoms with Gasteiger partial charge >= 0.3 is 18.1 Å². The monoisotopic (exact) mass is 299 g/mol. The summed E-state index contributed by atoms with van der Waals surface area (Å²) in [6, 6.07) is 1.84. The average Bonchev–Trinajstić information content (AvgIpc) is 2.25. The van der Waals surface area contributed by atoms with Crippen LogP contribution in [0.1, 0.15) is 12.5 Å². The normalized spacial score (nSPS) is 24.7. The topological polar surface area (TPSA) is 61.6 Å². The fourth-order valence-corrected chi connectivity index (χ4v) is 1.59. The summed E-state index contributed by atoms with van der Waals surface area (Å²) >= 11 is 0. The predicted molar refractivity (Wildman–Crippen MR) is 53.2 cm³/mol. The Morgan fingerprint density at radius 1 is 1.30 bits per heavy atom. The summed E-state index contributed by atoms with van der Waals surface area (Å²) in [5.74, 6) is -4.37. The number of hydrogen-bond donors (Lipinski definition) is 0. The summed E-state index contributed by atoms with van der Waals surface area (Å²) in [6.07, 6.45) is -9.58. The SMILES string of the molecule is CC1(C(F)(F)F)Oc2ccc([N+](=O)[O-])cc2C(F)(F)O1. The highest BCUT2D eigenvalue weighted by atomic mass is 19.4. The van der Waals surface area contributed by atoms with E-state index in [1.165, 1.54) is 0 Å². The highest BCUT2D eigenvalue weighted by molar-refractivity contribution is 5.46. The second-order valence-corrected chi connectivity index (χ2v) is 4.10. The molecule has 0 aliphatic carbocycles. The van der Waals surface area contributed by atoms with Gasteiger partial charge in [0.1, 0.15) is 5.75 Å². The Morgan fingerprint density at radius 2 is 1.90 bits per heavy atom. The molecule has 1 aliphatic rings. The third kappa shape index (κ3) is 2.15. The molecule has 1 aliphatic heterocycles. The van der Waals surface area contributed by atoms with Crippen molar-refractivity contribution in [2.24, 2.45) is 0 Å². The van der Waals surface area contributed by atoms with Crippen LogP contribution in [-0.4, -0.2) is 16.9 Å². The molecule has 0 N–H and O–H groups in total. The molecule has 1 aromatic rings. The van der Waals surface area contributed by atoms with Crippen molar-refractivity contribution in [3.63, 3.8) is 0 Å². The molecule has 0 amide bonds. The van der Waals surface area contributed by atoms with Gasteiger partial charge in [-0.3, -0.25) is 14.9 Å². The molecule has 0 aromatic heterocycles. The molecule has 20 heavy (non-hydrogen) atoms. The molecular formula is C10H6F5NO4. The first-order valence-corrected chi connectivity index (χ1v) is 5.09. The number of rotatable bonds is 1. The van der Waals surface area contributed by atoms with Gasteiger partial charge in [-0.05, 0) is 6.07 Å². The fraction of sp³-hybridized carbons (Fsp3) is 0.400. The van der Waals surface area contributed by atoms with E-state index in [0.717, 1.165) is 6.07 Å². The maximum absolute atomic E-state index is 13.6. The van der Waals surface area contributed by atoms with Crippen LogP contribution in [0, 0.1) is 10.1 Å². The summed E-state index contributed by atoms with van der Waals surface area (Å²) in [5.41, 5.74) is -1.85. The van der Waals surface area contributed by atoms with Crippen molar-refractivity contribution in [2.75, 3.05) is 0 Å². The first-order valence-electron chi connectivity index (χ1n) is 5.09. The number of nitro benzene ring substituents is 1. The molecule has 0 spiro atoms. The molecule has 110 valence electrons. The Morgan fingerprint density at radius 3 is 2.40 bits per heavy atom. The molecular weight excluding hydrogens is 293 g/mol. The molecule has 5 nitrogen and oxygen atoms in total. The van der Waals surface area contributed by atoms with Crippen LogP contribution >= 0.6 is 0 Å². The number of nitrogens with zero attached hydrogens (tertiary/aromatic N) is 1. The molecule has 2 rings (SSSR count). The van der Waals surface area contributed by atoms with Gasteiger partial charge in [0.15, 0.2) is 0 Å². The number of alkyl halides is 5. The van der Waals surface area contributed by atoms with Crippen LogP contribution in [0.15, 0.2) is 18.2 Å². The van der Waals surface area contributed by atoms with E-state index < -0.39 is 40.0 Å². The van der Waals surface area contributed by atoms with E-state index in [2.05, 4.69) is 9.47 Å². The number of nitro groups is 1. The van der Waals surface area contributed by atoms with Crippen molar-refractivity contribution in [3.05, 3.63) is 33.9 Å². The first kappa shape index (κ1) is 14.4. The molecule has 10 heteroatoms. The summed E-state index contributed by atoms with van der Waals surface area (Å²) in [7, 11) is 0. The Labute approximate surface area is 108 Å². The summed E-state index contributed by atoms with van der Waals surface area (Å²) in [4.78, 5) is 9.52. The van der Waals surface area contributed by atoms with Gasteiger partial charge in [0, 0.05) is 19.1 Å². The number of hydrogen-bond acceptors (Lipinski definition) is 4. The molecule has 0 saturated heterocycles. The third-order valence-electron chi connectivity index (χ3n) is 2.63. The van der Waals surface area contributed by atoms with Crippen LogP contribution in [0.4, 0.5) is 27.6 Å². The number of ether oxygens (including phenoxy) is 2. The van der Waals surface area contributed by atoms with Gasteiger partial charge in [0.2, 0.25) is 0 Å². The minimum absolute atomic E-state index is 0.297. The summed E-state index contributed by atoms with van der Waals surface area (Å²) in [5, 5.41) is 10.5. The lowest BCUT2D eigenvalue weighted by Crippen LogP contribution is -2.55. The van der Waals surface area contributed by atoms with E-state index >= 15 is 0 Å². The van der Waals surface area contributed by atoms with Crippen LogP contribution in [0.25, 0.3) is 0 Å². The van der Waals surface area contributed by atoms with E-state index in [0.29, 0.717) is 19.1 Å². The number of fused-ring (bicyclic) bond motifs is 1. The first-order chi connectivity index (χ1) is 8.96. The number of halogens is 5. The van der Waals surface area contributed by atoms with Gasteiger partial charge in [-0.1, -0.05) is 0 Å². The van der Waals surface area contributed by atoms with Crippen LogP contribution < -0.4 is 4.74 Å². The quantitative estimate of drug-likeness (QED) is 0.453. The van der Waals surface area contributed by atoms with E-state index in [4.69, 9.17) is 0 Å². The van der Waals surface area contributed by atoms with E-state index in [1.54, 1.807) is 0 Å². The Bertz CT molecular complexity index is 573. The lowest BCUT2D eigenvalue weighted by Gasteiger charge is -2.39. The third-order valence-corrected chi connectivity index (χ3v) is 2.63. The lowest BCUT2D eigenvalue weighted by molar-refractivity contribution is -0.436. The molecule has 1 unspecified atom stereocenters. The Balaban J connectivity index is 2.55. The molecule has 0 saturated carbocycles. The minimum Gasteiger partial charge on any atom is -0.453 e. The highest BCUT2D eigenvalue weighted by Crippen LogP contribution is 2.50. The molecule has 1 aromatic carbocycles. The van der Waals surface area contributed by atoms with E-state index in [-0.39, 0.29) is 0 Å². The van der Waals surface area contributed by atoms with Crippen LogP contribution in [-0.2, 0) is 10.8 Å². The maximum Gasteiger partial charge on any atom is 0.455 e. The van der Waals surface area contributed by atoms with Crippen molar-refractivity contribution >= 4 is 5.69 Å². The van der Waals surface area contributed by atoms with Crippen LogP contribution in [0.5, 0.6) is 5.75 Å². The molecule has 0 fully saturated rings. The van der Waals surface area contributed by atoms with Crippen molar-refractivity contribution in [1.82, 2.24) is 0 Å². The van der Waals surface area contributed by atoms with Gasteiger partial charge in [-0.15, -0.1) is 0 Å². The van der Waals surface area contributed by atoms with Crippen molar-refractivity contribution in [2.45, 2.75) is 25.0 Å². The van der Waals surface area contributed by atoms with Crippen molar-refractivity contribution in [1.29, 1.82) is 0 Å². The number of non-ortho nitro benzene ring substituents is 1. The van der Waals surface area contributed by atoms with Crippen molar-refractivity contribution in [3.8, 4) is 5.75 Å². The zero-order chi connectivity index (χ0) is 15.3. The molecule has 0 bridgehead atoms. The van der Waals surface area contributed by atoms with Gasteiger partial charge < -0.3 is 4.74 Å². The van der Waals surface area contributed by atoms with Crippen LogP contribution in [0.3, 0.4) is 0 Å². The van der Waals surface area contributed by atoms with Crippen molar-refractivity contribution < 1.29 is 36.3 Å². The average molecular weight is 299 g/mol. The summed E-state index contributed by atoms with van der Waals surface area (Å²) < 4.78 is 73.4. The zero-order valence-corrected chi connectivity index (χ0v) is 9.70. The lowest BCUT2D eigenvalue weighted by atomic mass is 10.1. The van der Waals surface area contributed by atoms with Gasteiger partial charge in [0.25, 0.3) is 5.69 Å². The van der Waals surface area contributed by atoms with E-state index in [1.807, 2.05) is 0 Å². The molecule has 1 atom stereocenters. The molecule has 0 radical (unpaired) electrons. The fourth-order valence-electron chi connectivity index (χ4n) is 1.59. The number of benzene rings is 1. The minimum atomic E-state index is -5.21. The largest absolute Gasteiger partial charge is 0.455 e. The highest BCUT2D eigenvalue weighted by Gasteiger charge is 2.63. The predicted octanol–water partition coefficient (Wildman–Crippen LogP) is 3.33. The Hall–Kier alpha value is -1.97.